The zero-order valence-corrected chi connectivity index (χ0v) is 8.11. The number of carbonyl (C=O) groups excluding carboxylic acids is 2. The lowest BCUT2D eigenvalue weighted by Crippen LogP contribution is -2.43. The van der Waals surface area contributed by atoms with Gasteiger partial charge in [-0.05, 0) is 12.7 Å². The van der Waals surface area contributed by atoms with Crippen LogP contribution in [0.15, 0.2) is 0 Å². The summed E-state index contributed by atoms with van der Waals surface area (Å²) in [7, 11) is 0. The van der Waals surface area contributed by atoms with Crippen molar-refractivity contribution in [1.29, 1.82) is 0 Å². The number of hydrogen-bond donors (Lipinski definition) is 1. The molecule has 68 valence electrons. The summed E-state index contributed by atoms with van der Waals surface area (Å²) in [6, 6.07) is 0. The quantitative estimate of drug-likeness (QED) is 0.650. The number of rotatable bonds is 2. The molecule has 2 atom stereocenters. The lowest BCUT2D eigenvalue weighted by Gasteiger charge is -2.24. The van der Waals surface area contributed by atoms with Gasteiger partial charge in [0.1, 0.15) is 0 Å². The minimum Gasteiger partial charge on any atom is -0.296 e. The molecule has 1 aliphatic rings. The molecule has 2 amide bonds. The lowest BCUT2D eigenvalue weighted by atomic mass is 9.95. The van der Waals surface area contributed by atoms with Crippen LogP contribution in [0.1, 0.15) is 19.8 Å². The summed E-state index contributed by atoms with van der Waals surface area (Å²) in [5.41, 5.74) is 0. The van der Waals surface area contributed by atoms with Crippen molar-refractivity contribution in [3.8, 4) is 0 Å². The van der Waals surface area contributed by atoms with Gasteiger partial charge in [0, 0.05) is 11.7 Å². The molecular formula is C8H13NO2S. The van der Waals surface area contributed by atoms with Gasteiger partial charge in [0.25, 0.3) is 0 Å². The number of hydrogen-bond acceptors (Lipinski definition) is 3. The van der Waals surface area contributed by atoms with Crippen LogP contribution in [0.2, 0.25) is 0 Å². The van der Waals surface area contributed by atoms with Gasteiger partial charge in [-0.1, -0.05) is 6.92 Å². The summed E-state index contributed by atoms with van der Waals surface area (Å²) in [6.45, 7) is 2.02. The van der Waals surface area contributed by atoms with Crippen LogP contribution in [0, 0.1) is 5.92 Å². The Hall–Kier alpha value is -0.510. The Morgan fingerprint density at radius 1 is 1.58 bits per heavy atom. The van der Waals surface area contributed by atoms with Crippen LogP contribution in [0.4, 0.5) is 0 Å². The fourth-order valence-corrected chi connectivity index (χ4v) is 1.91. The highest BCUT2D eigenvalue weighted by Gasteiger charge is 2.30. The van der Waals surface area contributed by atoms with Crippen LogP contribution in [0.25, 0.3) is 0 Å². The number of imide groups is 1. The largest absolute Gasteiger partial charge is 0.296 e. The van der Waals surface area contributed by atoms with Crippen molar-refractivity contribution in [3.05, 3.63) is 0 Å². The van der Waals surface area contributed by atoms with Gasteiger partial charge in [0.2, 0.25) is 11.8 Å². The van der Waals surface area contributed by atoms with E-state index in [0.717, 1.165) is 0 Å². The lowest BCUT2D eigenvalue weighted by molar-refractivity contribution is -0.136. The highest BCUT2D eigenvalue weighted by molar-refractivity contribution is 7.99. The Kier molecular flexibility index (Phi) is 3.14. The molecule has 1 fully saturated rings. The third-order valence-corrected chi connectivity index (χ3v) is 3.29. The molecule has 4 heteroatoms. The van der Waals surface area contributed by atoms with Gasteiger partial charge in [-0.2, -0.15) is 11.8 Å². The predicted octanol–water partition coefficient (Wildman–Crippen LogP) is 0.791. The van der Waals surface area contributed by atoms with E-state index in [1.54, 1.807) is 11.8 Å². The molecule has 0 aromatic carbocycles. The molecule has 0 aliphatic carbocycles. The van der Waals surface area contributed by atoms with E-state index in [1.807, 2.05) is 13.2 Å². The summed E-state index contributed by atoms with van der Waals surface area (Å²) < 4.78 is 0. The van der Waals surface area contributed by atoms with E-state index in [1.165, 1.54) is 0 Å². The predicted molar refractivity (Wildman–Crippen MR) is 48.9 cm³/mol. The molecule has 0 bridgehead atoms. The molecule has 1 saturated heterocycles. The molecule has 2 unspecified atom stereocenters. The van der Waals surface area contributed by atoms with E-state index in [-0.39, 0.29) is 17.7 Å². The van der Waals surface area contributed by atoms with Crippen LogP contribution in [0.3, 0.4) is 0 Å². The average Bonchev–Trinajstić information content (AvgIpc) is 2.03. The first-order valence-corrected chi connectivity index (χ1v) is 5.30. The molecule has 1 aliphatic heterocycles. The molecule has 12 heavy (non-hydrogen) atoms. The smallest absolute Gasteiger partial charge is 0.230 e. The topological polar surface area (TPSA) is 46.2 Å². The van der Waals surface area contributed by atoms with Crippen molar-refractivity contribution >= 4 is 23.6 Å². The number of carbonyl (C=O) groups is 2. The first kappa shape index (κ1) is 9.58. The molecule has 0 saturated carbocycles. The van der Waals surface area contributed by atoms with Gasteiger partial charge in [-0.25, -0.2) is 0 Å². The maximum atomic E-state index is 11.3. The summed E-state index contributed by atoms with van der Waals surface area (Å²) in [6.07, 6.45) is 3.17. The average molecular weight is 187 g/mol. The normalized spacial score (nSPS) is 26.7. The fraction of sp³-hybridized carbons (Fsp3) is 0.750. The van der Waals surface area contributed by atoms with Crippen molar-refractivity contribution in [2.75, 3.05) is 6.26 Å². The number of amides is 2. The molecule has 1 rings (SSSR count). The van der Waals surface area contributed by atoms with E-state index < -0.39 is 0 Å². The van der Waals surface area contributed by atoms with Gasteiger partial charge >= 0.3 is 0 Å². The van der Waals surface area contributed by atoms with Crippen molar-refractivity contribution in [2.45, 2.75) is 25.0 Å². The van der Waals surface area contributed by atoms with E-state index in [2.05, 4.69) is 5.32 Å². The number of thioether (sulfide) groups is 1. The zero-order chi connectivity index (χ0) is 9.14. The van der Waals surface area contributed by atoms with Gasteiger partial charge in [-0.3, -0.25) is 14.9 Å². The van der Waals surface area contributed by atoms with Gasteiger partial charge in [0.15, 0.2) is 0 Å². The summed E-state index contributed by atoms with van der Waals surface area (Å²) >= 11 is 1.66. The molecule has 0 radical (unpaired) electrons. The summed E-state index contributed by atoms with van der Waals surface area (Å²) in [5, 5.41) is 2.66. The molecule has 0 spiro atoms. The maximum Gasteiger partial charge on any atom is 0.230 e. The Morgan fingerprint density at radius 3 is 2.75 bits per heavy atom. The molecule has 0 aromatic heterocycles. The highest BCUT2D eigenvalue weighted by Crippen LogP contribution is 2.23. The standard InChI is InChI=1S/C8H13NO2S/c1-5(12-2)6-3-4-7(10)9-8(6)11/h5-6H,3-4H2,1-2H3,(H,9,10,11). The Morgan fingerprint density at radius 2 is 2.25 bits per heavy atom. The van der Waals surface area contributed by atoms with E-state index >= 15 is 0 Å². The van der Waals surface area contributed by atoms with Gasteiger partial charge in [-0.15, -0.1) is 0 Å². The van der Waals surface area contributed by atoms with Crippen LogP contribution >= 0.6 is 11.8 Å². The van der Waals surface area contributed by atoms with Crippen LogP contribution in [0.5, 0.6) is 0 Å². The molecule has 0 aromatic rings. The van der Waals surface area contributed by atoms with Crippen LogP contribution in [-0.4, -0.2) is 23.3 Å². The van der Waals surface area contributed by atoms with E-state index in [9.17, 15) is 9.59 Å². The molecular weight excluding hydrogens is 174 g/mol. The Labute approximate surface area is 76.3 Å². The van der Waals surface area contributed by atoms with Crippen molar-refractivity contribution in [1.82, 2.24) is 5.32 Å². The second-order valence-electron chi connectivity index (χ2n) is 3.00. The summed E-state index contributed by atoms with van der Waals surface area (Å²) in [5.74, 6) is -0.227. The zero-order valence-electron chi connectivity index (χ0n) is 7.29. The van der Waals surface area contributed by atoms with Crippen molar-refractivity contribution < 1.29 is 9.59 Å². The van der Waals surface area contributed by atoms with Crippen molar-refractivity contribution in [2.24, 2.45) is 5.92 Å². The second-order valence-corrected chi connectivity index (χ2v) is 4.21. The van der Waals surface area contributed by atoms with Gasteiger partial charge in [0.05, 0.1) is 5.92 Å². The molecule has 1 heterocycles. The maximum absolute atomic E-state index is 11.3. The van der Waals surface area contributed by atoms with Crippen molar-refractivity contribution in [3.63, 3.8) is 0 Å². The Balaban J connectivity index is 2.56. The second kappa shape index (κ2) is 3.94. The first-order chi connectivity index (χ1) is 5.65. The number of piperidine rings is 1. The minimum atomic E-state index is -0.135. The van der Waals surface area contributed by atoms with Crippen LogP contribution < -0.4 is 5.32 Å². The third kappa shape index (κ3) is 2.00. The monoisotopic (exact) mass is 187 g/mol. The fourth-order valence-electron chi connectivity index (χ4n) is 1.32. The summed E-state index contributed by atoms with van der Waals surface area (Å²) in [4.78, 5) is 22.1. The highest BCUT2D eigenvalue weighted by atomic mass is 32.2. The molecule has 1 N–H and O–H groups in total. The number of nitrogens with one attached hydrogen (secondary N) is 1. The van der Waals surface area contributed by atoms with Crippen LogP contribution in [-0.2, 0) is 9.59 Å². The first-order valence-electron chi connectivity index (χ1n) is 4.01. The third-order valence-electron chi connectivity index (χ3n) is 2.22. The van der Waals surface area contributed by atoms with Gasteiger partial charge < -0.3 is 0 Å². The van der Waals surface area contributed by atoms with E-state index in [0.29, 0.717) is 18.1 Å². The van der Waals surface area contributed by atoms with E-state index in [4.69, 9.17) is 0 Å². The molecule has 3 nitrogen and oxygen atoms in total. The minimum absolute atomic E-state index is 0.0118. The SMILES string of the molecule is CSC(C)C1CCC(=O)NC1=O. The Bertz CT molecular complexity index is 205.